The van der Waals surface area contributed by atoms with E-state index < -0.39 is 15.7 Å². The minimum Gasteiger partial charge on any atom is -0.357 e. The summed E-state index contributed by atoms with van der Waals surface area (Å²) in [4.78, 5) is 10.1. The summed E-state index contributed by atoms with van der Waals surface area (Å²) in [6.45, 7) is 0.492. The Morgan fingerprint density at radius 3 is 2.70 bits per heavy atom. The van der Waals surface area contributed by atoms with Gasteiger partial charge >= 0.3 is 0 Å². The molecule has 2 aromatic rings. The standard InChI is InChI=1S/C14H14ClFN4O2S/c1-17-14-18-12(15)9-5-6-20(13(9)19-14)11-4-3-8(7-10(11)16)23(2,21)22/h3-4,7H,5-6H2,1-2H3,(H,17,18,19). The van der Waals surface area contributed by atoms with Crippen LogP contribution in [0.15, 0.2) is 23.1 Å². The van der Waals surface area contributed by atoms with Gasteiger partial charge in [0.05, 0.1) is 10.6 Å². The number of nitrogens with one attached hydrogen (secondary N) is 1. The van der Waals surface area contributed by atoms with Crippen LogP contribution in [-0.2, 0) is 16.3 Å². The lowest BCUT2D eigenvalue weighted by molar-refractivity contribution is 0.595. The summed E-state index contributed by atoms with van der Waals surface area (Å²) in [6.07, 6.45) is 1.63. The third-order valence-corrected chi connectivity index (χ3v) is 5.06. The molecule has 0 unspecified atom stereocenters. The van der Waals surface area contributed by atoms with Crippen LogP contribution in [0.1, 0.15) is 5.56 Å². The molecule has 0 bridgehead atoms. The number of hydrogen-bond acceptors (Lipinski definition) is 6. The van der Waals surface area contributed by atoms with Crippen molar-refractivity contribution in [3.05, 3.63) is 34.7 Å². The van der Waals surface area contributed by atoms with Crippen LogP contribution in [0.25, 0.3) is 0 Å². The number of halogens is 2. The molecule has 0 aliphatic carbocycles. The quantitative estimate of drug-likeness (QED) is 0.851. The zero-order chi connectivity index (χ0) is 16.8. The molecule has 1 aliphatic heterocycles. The molecule has 9 heteroatoms. The average molecular weight is 357 g/mol. The van der Waals surface area contributed by atoms with Gasteiger partial charge < -0.3 is 10.2 Å². The summed E-state index contributed by atoms with van der Waals surface area (Å²) < 4.78 is 37.4. The Balaban J connectivity index is 2.08. The number of hydrogen-bond donors (Lipinski definition) is 1. The Kier molecular flexibility index (Phi) is 3.89. The van der Waals surface area contributed by atoms with E-state index in [9.17, 15) is 12.8 Å². The first-order chi connectivity index (χ1) is 10.8. The minimum absolute atomic E-state index is 0.0604. The van der Waals surface area contributed by atoms with Gasteiger partial charge in [-0.05, 0) is 24.6 Å². The fourth-order valence-electron chi connectivity index (χ4n) is 2.50. The Morgan fingerprint density at radius 1 is 1.35 bits per heavy atom. The predicted molar refractivity (Wildman–Crippen MR) is 86.8 cm³/mol. The van der Waals surface area contributed by atoms with E-state index in [4.69, 9.17) is 11.6 Å². The lowest BCUT2D eigenvalue weighted by Crippen LogP contribution is -2.16. The van der Waals surface area contributed by atoms with Crippen LogP contribution < -0.4 is 10.2 Å². The summed E-state index contributed by atoms with van der Waals surface area (Å²) in [5, 5.41) is 3.14. The van der Waals surface area contributed by atoms with E-state index >= 15 is 0 Å². The number of nitrogens with zero attached hydrogens (tertiary/aromatic N) is 3. The van der Waals surface area contributed by atoms with E-state index in [0.717, 1.165) is 17.9 Å². The molecule has 2 heterocycles. The number of benzene rings is 1. The van der Waals surface area contributed by atoms with Gasteiger partial charge in [0.2, 0.25) is 5.95 Å². The lowest BCUT2D eigenvalue weighted by Gasteiger charge is -2.20. The Morgan fingerprint density at radius 2 is 2.09 bits per heavy atom. The van der Waals surface area contributed by atoms with Crippen molar-refractivity contribution in [2.24, 2.45) is 0 Å². The van der Waals surface area contributed by atoms with Crippen molar-refractivity contribution in [3.8, 4) is 0 Å². The van der Waals surface area contributed by atoms with Gasteiger partial charge in [0, 0.05) is 25.4 Å². The maximum atomic E-state index is 14.4. The first-order valence-electron chi connectivity index (χ1n) is 6.82. The molecule has 23 heavy (non-hydrogen) atoms. The van der Waals surface area contributed by atoms with Crippen molar-refractivity contribution in [2.45, 2.75) is 11.3 Å². The van der Waals surface area contributed by atoms with Gasteiger partial charge in [-0.25, -0.2) is 17.8 Å². The van der Waals surface area contributed by atoms with Crippen LogP contribution in [0, 0.1) is 5.82 Å². The highest BCUT2D eigenvalue weighted by molar-refractivity contribution is 7.90. The van der Waals surface area contributed by atoms with E-state index in [1.807, 2.05) is 0 Å². The number of sulfone groups is 1. The van der Waals surface area contributed by atoms with Crippen molar-refractivity contribution in [1.82, 2.24) is 9.97 Å². The average Bonchev–Trinajstić information content (AvgIpc) is 2.90. The molecule has 0 spiro atoms. The highest BCUT2D eigenvalue weighted by atomic mass is 35.5. The fraction of sp³-hybridized carbons (Fsp3) is 0.286. The molecule has 1 aliphatic rings. The molecule has 122 valence electrons. The van der Waals surface area contributed by atoms with Crippen LogP contribution in [0.2, 0.25) is 5.15 Å². The summed E-state index contributed by atoms with van der Waals surface area (Å²) in [5.74, 6) is 0.246. The maximum Gasteiger partial charge on any atom is 0.225 e. The van der Waals surface area contributed by atoms with Crippen LogP contribution >= 0.6 is 11.6 Å². The molecule has 0 radical (unpaired) electrons. The number of rotatable bonds is 3. The summed E-state index contributed by atoms with van der Waals surface area (Å²) in [5.41, 5.74) is 1.00. The van der Waals surface area contributed by atoms with Gasteiger partial charge in [-0.1, -0.05) is 11.6 Å². The molecule has 0 fully saturated rings. The monoisotopic (exact) mass is 356 g/mol. The van der Waals surface area contributed by atoms with E-state index in [1.165, 1.54) is 12.1 Å². The zero-order valence-corrected chi connectivity index (χ0v) is 14.0. The third-order valence-electron chi connectivity index (χ3n) is 3.64. The van der Waals surface area contributed by atoms with Crippen molar-refractivity contribution in [3.63, 3.8) is 0 Å². The highest BCUT2D eigenvalue weighted by Gasteiger charge is 2.28. The highest BCUT2D eigenvalue weighted by Crippen LogP contribution is 2.38. The van der Waals surface area contributed by atoms with Crippen molar-refractivity contribution < 1.29 is 12.8 Å². The van der Waals surface area contributed by atoms with E-state index in [1.54, 1.807) is 11.9 Å². The summed E-state index contributed by atoms with van der Waals surface area (Å²) in [7, 11) is -1.79. The van der Waals surface area contributed by atoms with Gasteiger partial charge in [0.25, 0.3) is 0 Å². The maximum absolute atomic E-state index is 14.4. The van der Waals surface area contributed by atoms with Crippen LogP contribution in [0.5, 0.6) is 0 Å². The van der Waals surface area contributed by atoms with Crippen LogP contribution in [0.4, 0.5) is 21.8 Å². The molecule has 1 aromatic carbocycles. The molecule has 1 aromatic heterocycles. The van der Waals surface area contributed by atoms with Crippen molar-refractivity contribution in [2.75, 3.05) is 30.1 Å². The van der Waals surface area contributed by atoms with Crippen molar-refractivity contribution in [1.29, 1.82) is 0 Å². The molecule has 3 rings (SSSR count). The predicted octanol–water partition coefficient (Wildman–Crippen LogP) is 2.41. The van der Waals surface area contributed by atoms with Gasteiger partial charge in [-0.3, -0.25) is 0 Å². The summed E-state index contributed by atoms with van der Waals surface area (Å²) >= 11 is 6.14. The molecule has 6 nitrogen and oxygen atoms in total. The van der Waals surface area contributed by atoms with E-state index in [-0.39, 0.29) is 10.6 Å². The zero-order valence-electron chi connectivity index (χ0n) is 12.5. The third kappa shape index (κ3) is 2.84. The molecule has 1 N–H and O–H groups in total. The second kappa shape index (κ2) is 5.61. The molecule has 0 saturated carbocycles. The largest absolute Gasteiger partial charge is 0.357 e. The molecule has 0 saturated heterocycles. The van der Waals surface area contributed by atoms with Gasteiger partial charge in [0.15, 0.2) is 9.84 Å². The number of fused-ring (bicyclic) bond motifs is 1. The van der Waals surface area contributed by atoms with Crippen molar-refractivity contribution >= 4 is 38.9 Å². The first kappa shape index (κ1) is 15.9. The Bertz CT molecular complexity index is 889. The molecule has 0 amide bonds. The lowest BCUT2D eigenvalue weighted by atomic mass is 10.3. The van der Waals surface area contributed by atoms with Gasteiger partial charge in [0.1, 0.15) is 16.8 Å². The number of aromatic nitrogens is 2. The topological polar surface area (TPSA) is 75.2 Å². The molecular formula is C14H14ClFN4O2S. The molecular weight excluding hydrogens is 343 g/mol. The van der Waals surface area contributed by atoms with Crippen LogP contribution in [-0.4, -0.2) is 38.2 Å². The first-order valence-corrected chi connectivity index (χ1v) is 9.09. The Labute approximate surface area is 138 Å². The van der Waals surface area contributed by atoms with Crippen LogP contribution in [0.3, 0.4) is 0 Å². The molecule has 0 atom stereocenters. The van der Waals surface area contributed by atoms with Gasteiger partial charge in [-0.2, -0.15) is 4.98 Å². The Hall–Kier alpha value is -1.93. The van der Waals surface area contributed by atoms with E-state index in [0.29, 0.717) is 29.9 Å². The fourth-order valence-corrected chi connectivity index (χ4v) is 3.39. The second-order valence-corrected chi connectivity index (χ2v) is 7.55. The normalized spacial score (nSPS) is 14.0. The van der Waals surface area contributed by atoms with E-state index in [2.05, 4.69) is 15.3 Å². The summed E-state index contributed by atoms with van der Waals surface area (Å²) in [6, 6.07) is 3.84. The smallest absolute Gasteiger partial charge is 0.225 e. The minimum atomic E-state index is -3.46. The second-order valence-electron chi connectivity index (χ2n) is 5.18. The van der Waals surface area contributed by atoms with Gasteiger partial charge in [-0.15, -0.1) is 0 Å². The SMILES string of the molecule is CNc1nc(Cl)c2c(n1)N(c1ccc(S(C)(=O)=O)cc1F)CC2. The number of anilines is 3.